The molecule has 0 unspecified atom stereocenters. The Bertz CT molecular complexity index is 1970. The van der Waals surface area contributed by atoms with E-state index in [2.05, 4.69) is 198 Å². The van der Waals surface area contributed by atoms with Crippen molar-refractivity contribution >= 4 is 28.4 Å². The lowest BCUT2D eigenvalue weighted by molar-refractivity contribution is 0.742. The third-order valence-corrected chi connectivity index (χ3v) is 8.92. The van der Waals surface area contributed by atoms with E-state index in [4.69, 9.17) is 0 Å². The van der Waals surface area contributed by atoms with Gasteiger partial charge in [-0.3, -0.25) is 0 Å². The molecule has 0 saturated carbocycles. The fourth-order valence-electron chi connectivity index (χ4n) is 7.03. The van der Waals surface area contributed by atoms with Crippen LogP contribution in [0.15, 0.2) is 188 Å². The Kier molecular flexibility index (Phi) is 6.73. The van der Waals surface area contributed by atoms with Crippen LogP contribution in [0.5, 0.6) is 0 Å². The van der Waals surface area contributed by atoms with Crippen molar-refractivity contribution in [2.24, 2.45) is 0 Å². The lowest BCUT2D eigenvalue weighted by atomic mass is 9.61. The summed E-state index contributed by atoms with van der Waals surface area (Å²) in [5.41, 5.74) is 12.5. The van der Waals surface area contributed by atoms with E-state index >= 15 is 0 Å². The van der Waals surface area contributed by atoms with E-state index in [1.54, 1.807) is 0 Å². The average molecular weight is 577 g/mol. The van der Waals surface area contributed by atoms with E-state index in [1.807, 2.05) is 0 Å². The van der Waals surface area contributed by atoms with Gasteiger partial charge in [-0.25, -0.2) is 0 Å². The second-order valence-electron chi connectivity index (χ2n) is 11.4. The van der Waals surface area contributed by atoms with Gasteiger partial charge in [0.05, 0.1) is 5.41 Å². The second kappa shape index (κ2) is 11.3. The zero-order chi connectivity index (χ0) is 30.1. The van der Waals surface area contributed by atoms with E-state index in [0.717, 1.165) is 28.4 Å². The summed E-state index contributed by atoms with van der Waals surface area (Å²) in [6.45, 7) is 0. The van der Waals surface area contributed by atoms with Gasteiger partial charge in [-0.15, -0.1) is 0 Å². The Morgan fingerprint density at radius 1 is 0.378 bits per heavy atom. The first kappa shape index (κ1) is 26.7. The van der Waals surface area contributed by atoms with E-state index in [-0.39, 0.29) is 0 Å². The molecule has 1 aliphatic rings. The molecule has 7 aromatic rings. The zero-order valence-corrected chi connectivity index (χ0v) is 24.8. The highest BCUT2D eigenvalue weighted by molar-refractivity contribution is 5.89. The van der Waals surface area contributed by atoms with Gasteiger partial charge in [0, 0.05) is 34.0 Å². The predicted molar refractivity (Wildman–Crippen MR) is 188 cm³/mol. The van der Waals surface area contributed by atoms with Gasteiger partial charge in [0.25, 0.3) is 0 Å². The molecule has 1 aliphatic heterocycles. The minimum Gasteiger partial charge on any atom is -0.355 e. The number of hydrogen-bond donors (Lipinski definition) is 1. The number of fused-ring (bicyclic) bond motifs is 2. The molecule has 0 fully saturated rings. The minimum absolute atomic E-state index is 0.519. The largest absolute Gasteiger partial charge is 0.355 e. The fourth-order valence-corrected chi connectivity index (χ4v) is 7.03. The van der Waals surface area contributed by atoms with Crippen LogP contribution < -0.4 is 10.2 Å². The fraction of sp³-hybridized carbons (Fsp3) is 0.0233. The smallest absolute Gasteiger partial charge is 0.0748 e. The average Bonchev–Trinajstić information content (AvgIpc) is 3.12. The first-order chi connectivity index (χ1) is 22.3. The summed E-state index contributed by atoms with van der Waals surface area (Å²) in [6, 6.07) is 67.5. The standard InChI is InChI=1S/C43H32N2/c1-5-16-33(17-6-1)43(34-18-7-2-8-19-34)39-25-13-14-26-40(39)44-41-27-15-24-38(42(41)43)32-28-30-37(31-29-32)45(35-20-9-3-10-21-35)36-22-11-4-12-23-36/h1-31,44H. The van der Waals surface area contributed by atoms with Crippen LogP contribution in [0.25, 0.3) is 11.1 Å². The zero-order valence-electron chi connectivity index (χ0n) is 24.8. The molecule has 0 radical (unpaired) electrons. The van der Waals surface area contributed by atoms with Gasteiger partial charge in [0.15, 0.2) is 0 Å². The Labute approximate surface area is 264 Å². The van der Waals surface area contributed by atoms with Crippen LogP contribution in [0, 0.1) is 0 Å². The van der Waals surface area contributed by atoms with E-state index in [0.29, 0.717) is 0 Å². The molecule has 45 heavy (non-hydrogen) atoms. The summed E-state index contributed by atoms with van der Waals surface area (Å²) in [6.07, 6.45) is 0. The summed E-state index contributed by atoms with van der Waals surface area (Å²) >= 11 is 0. The molecule has 0 amide bonds. The minimum atomic E-state index is -0.519. The number of rotatable bonds is 6. The summed E-state index contributed by atoms with van der Waals surface area (Å²) in [4.78, 5) is 2.31. The molecular weight excluding hydrogens is 544 g/mol. The molecule has 214 valence electrons. The van der Waals surface area contributed by atoms with Gasteiger partial charge in [-0.1, -0.05) is 140 Å². The molecule has 0 aromatic heterocycles. The van der Waals surface area contributed by atoms with Gasteiger partial charge in [-0.2, -0.15) is 0 Å². The monoisotopic (exact) mass is 576 g/mol. The molecule has 0 atom stereocenters. The molecule has 8 rings (SSSR count). The number of benzene rings is 7. The van der Waals surface area contributed by atoms with Gasteiger partial charge in [0.2, 0.25) is 0 Å². The molecule has 2 nitrogen and oxygen atoms in total. The first-order valence-corrected chi connectivity index (χ1v) is 15.5. The normalized spacial score (nSPS) is 12.8. The highest BCUT2D eigenvalue weighted by Crippen LogP contribution is 2.56. The highest BCUT2D eigenvalue weighted by Gasteiger charge is 2.45. The molecule has 0 saturated heterocycles. The van der Waals surface area contributed by atoms with Crippen LogP contribution in [0.3, 0.4) is 0 Å². The van der Waals surface area contributed by atoms with Crippen molar-refractivity contribution < 1.29 is 0 Å². The van der Waals surface area contributed by atoms with Crippen LogP contribution in [-0.4, -0.2) is 0 Å². The maximum Gasteiger partial charge on any atom is 0.0748 e. The quantitative estimate of drug-likeness (QED) is 0.212. The third-order valence-electron chi connectivity index (χ3n) is 8.92. The summed E-state index contributed by atoms with van der Waals surface area (Å²) in [5.74, 6) is 0. The maximum absolute atomic E-state index is 3.81. The maximum atomic E-state index is 3.81. The van der Waals surface area contributed by atoms with Gasteiger partial charge in [0.1, 0.15) is 0 Å². The molecule has 0 spiro atoms. The van der Waals surface area contributed by atoms with Crippen LogP contribution >= 0.6 is 0 Å². The third kappa shape index (κ3) is 4.51. The van der Waals surface area contributed by atoms with Crippen molar-refractivity contribution in [2.75, 3.05) is 10.2 Å². The number of para-hydroxylation sites is 3. The van der Waals surface area contributed by atoms with Crippen molar-refractivity contribution in [3.63, 3.8) is 0 Å². The molecule has 1 N–H and O–H groups in total. The van der Waals surface area contributed by atoms with E-state index in [1.165, 1.54) is 33.4 Å². The van der Waals surface area contributed by atoms with Gasteiger partial charge < -0.3 is 10.2 Å². The van der Waals surface area contributed by atoms with Gasteiger partial charge >= 0.3 is 0 Å². The van der Waals surface area contributed by atoms with E-state index in [9.17, 15) is 0 Å². The van der Waals surface area contributed by atoms with Crippen molar-refractivity contribution in [1.29, 1.82) is 0 Å². The van der Waals surface area contributed by atoms with Crippen molar-refractivity contribution in [1.82, 2.24) is 0 Å². The van der Waals surface area contributed by atoms with E-state index < -0.39 is 5.41 Å². The Morgan fingerprint density at radius 3 is 1.42 bits per heavy atom. The first-order valence-electron chi connectivity index (χ1n) is 15.5. The molecular formula is C43H32N2. The number of nitrogens with one attached hydrogen (secondary N) is 1. The van der Waals surface area contributed by atoms with Crippen molar-refractivity contribution in [3.05, 3.63) is 210 Å². The lowest BCUT2D eigenvalue weighted by Gasteiger charge is -2.43. The molecule has 0 bridgehead atoms. The Hall–Kier alpha value is -5.86. The SMILES string of the molecule is c1ccc(N(c2ccccc2)c2ccc(-c3cccc4c3C(c3ccccc3)(c3ccccc3)c3ccccc3N4)cc2)cc1. The molecule has 7 aromatic carbocycles. The highest BCUT2D eigenvalue weighted by atomic mass is 15.1. The van der Waals surface area contributed by atoms with Crippen LogP contribution in [0.1, 0.15) is 22.3 Å². The summed E-state index contributed by atoms with van der Waals surface area (Å²) in [5, 5.41) is 3.81. The summed E-state index contributed by atoms with van der Waals surface area (Å²) < 4.78 is 0. The topological polar surface area (TPSA) is 15.3 Å². The Morgan fingerprint density at radius 2 is 0.844 bits per heavy atom. The van der Waals surface area contributed by atoms with Crippen LogP contribution in [-0.2, 0) is 5.41 Å². The van der Waals surface area contributed by atoms with Crippen molar-refractivity contribution in [2.45, 2.75) is 5.41 Å². The molecule has 0 aliphatic carbocycles. The van der Waals surface area contributed by atoms with Crippen LogP contribution in [0.2, 0.25) is 0 Å². The lowest BCUT2D eigenvalue weighted by Crippen LogP contribution is -2.35. The molecule has 2 heteroatoms. The number of hydrogen-bond acceptors (Lipinski definition) is 2. The van der Waals surface area contributed by atoms with Gasteiger partial charge in [-0.05, 0) is 76.3 Å². The summed E-state index contributed by atoms with van der Waals surface area (Å²) in [7, 11) is 0. The van der Waals surface area contributed by atoms with Crippen LogP contribution in [0.4, 0.5) is 28.4 Å². The Balaban J connectivity index is 1.35. The number of anilines is 5. The predicted octanol–water partition coefficient (Wildman–Crippen LogP) is 11.3. The molecule has 1 heterocycles. The van der Waals surface area contributed by atoms with Crippen molar-refractivity contribution in [3.8, 4) is 11.1 Å². The second-order valence-corrected chi connectivity index (χ2v) is 11.4. The number of nitrogens with zero attached hydrogens (tertiary/aromatic N) is 1.